The minimum absolute atomic E-state index is 0.00309. The number of aromatic nitrogens is 2. The number of amides is 1. The molecule has 1 unspecified atom stereocenters. The highest BCUT2D eigenvalue weighted by Gasteiger charge is 2.34. The van der Waals surface area contributed by atoms with Gasteiger partial charge < -0.3 is 14.6 Å². The summed E-state index contributed by atoms with van der Waals surface area (Å²) in [4.78, 5) is 30.7. The Morgan fingerprint density at radius 3 is 2.41 bits per heavy atom. The minimum Gasteiger partial charge on any atom is -0.481 e. The van der Waals surface area contributed by atoms with Crippen molar-refractivity contribution in [2.75, 3.05) is 13.1 Å². The lowest BCUT2D eigenvalue weighted by Crippen LogP contribution is -2.41. The fourth-order valence-electron chi connectivity index (χ4n) is 4.96. The van der Waals surface area contributed by atoms with Crippen molar-refractivity contribution >= 4 is 46.1 Å². The van der Waals surface area contributed by atoms with Crippen LogP contribution in [0.15, 0.2) is 24.3 Å². The van der Waals surface area contributed by atoms with Gasteiger partial charge in [-0.05, 0) is 61.1 Å². The number of hydrogen-bond acceptors (Lipinski definition) is 3. The van der Waals surface area contributed by atoms with Crippen LogP contribution < -0.4 is 0 Å². The van der Waals surface area contributed by atoms with Crippen LogP contribution in [-0.4, -0.2) is 44.5 Å². The van der Waals surface area contributed by atoms with Crippen LogP contribution in [0, 0.1) is 18.8 Å². The average molecular weight is 556 g/mol. The predicted molar refractivity (Wildman–Crippen MR) is 135 cm³/mol. The van der Waals surface area contributed by atoms with E-state index in [1.54, 1.807) is 35.6 Å². The van der Waals surface area contributed by atoms with E-state index >= 15 is 0 Å². The summed E-state index contributed by atoms with van der Waals surface area (Å²) in [5, 5.41) is 9.74. The first kappa shape index (κ1) is 27.3. The number of nitrogens with zero attached hydrogens (tertiary/aromatic N) is 3. The maximum absolute atomic E-state index is 13.4. The van der Waals surface area contributed by atoms with Crippen molar-refractivity contribution in [2.45, 2.75) is 39.3 Å². The highest BCUT2D eigenvalue weighted by atomic mass is 35.5. The first-order valence-corrected chi connectivity index (χ1v) is 12.6. The molecule has 3 aromatic rings. The summed E-state index contributed by atoms with van der Waals surface area (Å²) >= 11 is 13.1. The molecule has 1 atom stereocenters. The van der Waals surface area contributed by atoms with Crippen LogP contribution in [0.1, 0.15) is 52.6 Å². The van der Waals surface area contributed by atoms with Gasteiger partial charge in [0.1, 0.15) is 5.82 Å². The van der Waals surface area contributed by atoms with Gasteiger partial charge in [-0.25, -0.2) is 4.98 Å². The highest BCUT2D eigenvalue weighted by molar-refractivity contribution is 6.38. The first-order chi connectivity index (χ1) is 17.3. The molecule has 198 valence electrons. The van der Waals surface area contributed by atoms with Crippen molar-refractivity contribution in [3.05, 3.63) is 62.4 Å². The second-order valence-electron chi connectivity index (χ2n) is 9.51. The number of carboxylic acids is 1. The van der Waals surface area contributed by atoms with Crippen LogP contribution >= 0.6 is 23.2 Å². The van der Waals surface area contributed by atoms with E-state index in [1.165, 1.54) is 13.0 Å². The van der Waals surface area contributed by atoms with E-state index in [4.69, 9.17) is 23.2 Å². The van der Waals surface area contributed by atoms with Crippen molar-refractivity contribution in [1.82, 2.24) is 14.5 Å². The molecule has 11 heteroatoms. The number of likely N-dealkylation sites (tertiary alicyclic amines) is 1. The normalized spacial score (nSPS) is 15.8. The monoisotopic (exact) mass is 555 g/mol. The molecule has 0 aliphatic carbocycles. The van der Waals surface area contributed by atoms with Crippen LogP contribution in [0.25, 0.3) is 11.0 Å². The number of carboxylic acid groups (broad SMARTS) is 1. The Balaban J connectivity index is 1.61. The maximum Gasteiger partial charge on any atom is 0.416 e. The molecular formula is C26H26Cl2F3N3O3. The number of imidazole rings is 1. The molecule has 1 saturated heterocycles. The number of benzene rings is 2. The standard InChI is InChI=1S/C26H26Cl2F3N3O3/c1-13(25(36)37)15-8-10-34(11-9-15)24(35)16-4-6-19(27)17(22(16)28)12-21-32-23-14(2)18(26(29,30)31)5-7-20(23)33(21)3/h4-7,13,15H,8-12H2,1-3H3,(H,36,37). The zero-order valence-electron chi connectivity index (χ0n) is 20.5. The van der Waals surface area contributed by atoms with Gasteiger partial charge in [-0.1, -0.05) is 30.1 Å². The molecule has 2 aromatic carbocycles. The summed E-state index contributed by atoms with van der Waals surface area (Å²) in [5.41, 5.74) is 0.794. The lowest BCUT2D eigenvalue weighted by atomic mass is 9.85. The lowest BCUT2D eigenvalue weighted by Gasteiger charge is -2.34. The van der Waals surface area contributed by atoms with E-state index in [0.717, 1.165) is 6.07 Å². The number of alkyl halides is 3. The number of carbonyl (C=O) groups is 2. The number of rotatable bonds is 5. The third-order valence-corrected chi connectivity index (χ3v) is 8.17. The first-order valence-electron chi connectivity index (χ1n) is 11.8. The zero-order valence-corrected chi connectivity index (χ0v) is 22.0. The third-order valence-electron chi connectivity index (χ3n) is 7.38. The van der Waals surface area contributed by atoms with Crippen molar-refractivity contribution in [3.8, 4) is 0 Å². The van der Waals surface area contributed by atoms with Gasteiger partial charge in [0.05, 0.1) is 33.1 Å². The second-order valence-corrected chi connectivity index (χ2v) is 10.3. The van der Waals surface area contributed by atoms with E-state index < -0.39 is 23.6 Å². The van der Waals surface area contributed by atoms with Crippen molar-refractivity contribution < 1.29 is 27.9 Å². The summed E-state index contributed by atoms with van der Waals surface area (Å²) in [5.74, 6) is -1.15. The quantitative estimate of drug-likeness (QED) is 0.396. The van der Waals surface area contributed by atoms with E-state index in [9.17, 15) is 27.9 Å². The Hall–Kier alpha value is -2.78. The van der Waals surface area contributed by atoms with E-state index in [-0.39, 0.29) is 39.9 Å². The molecule has 1 amide bonds. The lowest BCUT2D eigenvalue weighted by molar-refractivity contribution is -0.143. The number of carbonyl (C=O) groups excluding carboxylic acids is 1. The molecule has 0 radical (unpaired) electrons. The van der Waals surface area contributed by atoms with Crippen molar-refractivity contribution in [1.29, 1.82) is 0 Å². The van der Waals surface area contributed by atoms with E-state index in [0.29, 0.717) is 47.9 Å². The molecular weight excluding hydrogens is 530 g/mol. The molecule has 1 aliphatic rings. The number of aliphatic carboxylic acids is 1. The number of hydrogen-bond donors (Lipinski definition) is 1. The highest BCUT2D eigenvalue weighted by Crippen LogP contribution is 2.36. The number of fused-ring (bicyclic) bond motifs is 1. The van der Waals surface area contributed by atoms with Crippen molar-refractivity contribution in [3.63, 3.8) is 0 Å². The maximum atomic E-state index is 13.4. The molecule has 0 saturated carbocycles. The molecule has 2 heterocycles. The molecule has 0 bridgehead atoms. The average Bonchev–Trinajstić information content (AvgIpc) is 3.16. The van der Waals surface area contributed by atoms with E-state index in [2.05, 4.69) is 4.98 Å². The summed E-state index contributed by atoms with van der Waals surface area (Å²) in [7, 11) is 1.70. The van der Waals surface area contributed by atoms with Crippen molar-refractivity contribution in [2.24, 2.45) is 18.9 Å². The summed E-state index contributed by atoms with van der Waals surface area (Å²) < 4.78 is 41.8. The largest absolute Gasteiger partial charge is 0.481 e. The van der Waals surface area contributed by atoms with Gasteiger partial charge in [-0.3, -0.25) is 9.59 Å². The topological polar surface area (TPSA) is 75.4 Å². The Labute approximate surface area is 222 Å². The second kappa shape index (κ2) is 10.2. The van der Waals surface area contributed by atoms with Gasteiger partial charge in [0, 0.05) is 31.6 Å². The molecule has 1 fully saturated rings. The zero-order chi connectivity index (χ0) is 27.2. The molecule has 1 aromatic heterocycles. The summed E-state index contributed by atoms with van der Waals surface area (Å²) in [6.07, 6.45) is -3.22. The van der Waals surface area contributed by atoms with Gasteiger partial charge >= 0.3 is 12.1 Å². The van der Waals surface area contributed by atoms with Gasteiger partial charge in [0.25, 0.3) is 5.91 Å². The van der Waals surface area contributed by atoms with Gasteiger partial charge in [-0.2, -0.15) is 13.2 Å². The fourth-order valence-corrected chi connectivity index (χ4v) is 5.55. The SMILES string of the molecule is Cc1c(C(F)(F)F)ccc2c1nc(Cc1c(Cl)ccc(C(=O)N3CCC(C(C)C(=O)O)CC3)c1Cl)n2C. The molecule has 4 rings (SSSR count). The van der Waals surface area contributed by atoms with Gasteiger partial charge in [-0.15, -0.1) is 0 Å². The van der Waals surface area contributed by atoms with Gasteiger partial charge in [0.2, 0.25) is 0 Å². The van der Waals surface area contributed by atoms with Crippen LogP contribution in [0.5, 0.6) is 0 Å². The number of aryl methyl sites for hydroxylation is 2. The van der Waals surface area contributed by atoms with Gasteiger partial charge in [0.15, 0.2) is 0 Å². The Morgan fingerprint density at radius 2 is 1.81 bits per heavy atom. The molecule has 1 N–H and O–H groups in total. The van der Waals surface area contributed by atoms with Crippen LogP contribution in [0.4, 0.5) is 13.2 Å². The fraction of sp³-hybridized carbons (Fsp3) is 0.423. The van der Waals surface area contributed by atoms with Crippen LogP contribution in [0.2, 0.25) is 10.0 Å². The Morgan fingerprint density at radius 1 is 1.16 bits per heavy atom. The third kappa shape index (κ3) is 5.16. The van der Waals surface area contributed by atoms with Crippen LogP contribution in [-0.2, 0) is 24.4 Å². The predicted octanol–water partition coefficient (Wildman–Crippen LogP) is 6.37. The Bertz CT molecular complexity index is 1380. The smallest absolute Gasteiger partial charge is 0.416 e. The summed E-state index contributed by atoms with van der Waals surface area (Å²) in [6.45, 7) is 3.91. The van der Waals surface area contributed by atoms with Crippen LogP contribution in [0.3, 0.4) is 0 Å². The molecule has 37 heavy (non-hydrogen) atoms. The molecule has 6 nitrogen and oxygen atoms in total. The molecule has 1 aliphatic heterocycles. The molecule has 0 spiro atoms. The number of halogens is 5. The minimum atomic E-state index is -4.49. The van der Waals surface area contributed by atoms with E-state index in [1.807, 2.05) is 0 Å². The summed E-state index contributed by atoms with van der Waals surface area (Å²) in [6, 6.07) is 5.56. The number of piperidine rings is 1. The Kier molecular flexibility index (Phi) is 7.50.